The number of nitrogens with two attached hydrogens (primary N) is 1. The van der Waals surface area contributed by atoms with E-state index >= 15 is 0 Å². The first kappa shape index (κ1) is 13.1. The molecule has 2 aromatic carbocycles. The first-order chi connectivity index (χ1) is 10.2. The van der Waals surface area contributed by atoms with Crippen LogP contribution in [-0.2, 0) is 6.54 Å². The summed E-state index contributed by atoms with van der Waals surface area (Å²) in [6.45, 7) is 0.604. The first-order valence-electron chi connectivity index (χ1n) is 6.56. The third kappa shape index (κ3) is 2.97. The maximum Gasteiger partial charge on any atom is 0.248 e. The van der Waals surface area contributed by atoms with E-state index in [2.05, 4.69) is 15.3 Å². The number of benzene rings is 2. The molecular formula is C16H14N4O. The van der Waals surface area contributed by atoms with Gasteiger partial charge in [0.15, 0.2) is 0 Å². The lowest BCUT2D eigenvalue weighted by molar-refractivity contribution is 0.1000. The van der Waals surface area contributed by atoms with Gasteiger partial charge in [0, 0.05) is 30.2 Å². The van der Waals surface area contributed by atoms with Crippen molar-refractivity contribution in [3.05, 3.63) is 66.0 Å². The molecule has 0 bridgehead atoms. The van der Waals surface area contributed by atoms with E-state index in [4.69, 9.17) is 5.73 Å². The fraction of sp³-hybridized carbons (Fsp3) is 0.0625. The molecule has 21 heavy (non-hydrogen) atoms. The van der Waals surface area contributed by atoms with Crippen molar-refractivity contribution in [3.63, 3.8) is 0 Å². The lowest BCUT2D eigenvalue weighted by Gasteiger charge is -2.08. The van der Waals surface area contributed by atoms with Gasteiger partial charge in [0.2, 0.25) is 5.91 Å². The molecule has 1 amide bonds. The largest absolute Gasteiger partial charge is 0.381 e. The molecule has 3 aromatic rings. The normalized spacial score (nSPS) is 10.5. The minimum Gasteiger partial charge on any atom is -0.381 e. The van der Waals surface area contributed by atoms with Crippen LogP contribution in [0, 0.1) is 0 Å². The fourth-order valence-corrected chi connectivity index (χ4v) is 2.11. The van der Waals surface area contributed by atoms with Crippen LogP contribution in [0.4, 0.5) is 5.69 Å². The predicted molar refractivity (Wildman–Crippen MR) is 81.8 cm³/mol. The third-order valence-electron chi connectivity index (χ3n) is 3.18. The van der Waals surface area contributed by atoms with Gasteiger partial charge < -0.3 is 11.1 Å². The standard InChI is InChI=1S/C16H14N4O/c17-16(21)12-3-1-2-11(8-12)10-20-13-4-5-14-15(9-13)19-7-6-18-14/h1-9,20H,10H2,(H2,17,21). The SMILES string of the molecule is NC(=O)c1cccc(CNc2ccc3nccnc3c2)c1. The number of primary amides is 1. The average molecular weight is 278 g/mol. The van der Waals surface area contributed by atoms with E-state index in [0.717, 1.165) is 22.3 Å². The molecule has 0 aliphatic carbocycles. The van der Waals surface area contributed by atoms with Crippen LogP contribution < -0.4 is 11.1 Å². The highest BCUT2D eigenvalue weighted by molar-refractivity contribution is 5.92. The number of carbonyl (C=O) groups excluding carboxylic acids is 1. The lowest BCUT2D eigenvalue weighted by atomic mass is 10.1. The van der Waals surface area contributed by atoms with Crippen LogP contribution in [0.2, 0.25) is 0 Å². The molecule has 0 aliphatic heterocycles. The minimum absolute atomic E-state index is 0.419. The highest BCUT2D eigenvalue weighted by Crippen LogP contribution is 2.16. The third-order valence-corrected chi connectivity index (χ3v) is 3.18. The Morgan fingerprint density at radius 2 is 1.86 bits per heavy atom. The summed E-state index contributed by atoms with van der Waals surface area (Å²) in [5, 5.41) is 3.30. The maximum atomic E-state index is 11.2. The molecular weight excluding hydrogens is 264 g/mol. The number of fused-ring (bicyclic) bond motifs is 1. The van der Waals surface area contributed by atoms with Gasteiger partial charge >= 0.3 is 0 Å². The second-order valence-corrected chi connectivity index (χ2v) is 4.68. The van der Waals surface area contributed by atoms with Crippen LogP contribution in [0.1, 0.15) is 15.9 Å². The smallest absolute Gasteiger partial charge is 0.248 e. The van der Waals surface area contributed by atoms with Gasteiger partial charge in [-0.05, 0) is 35.9 Å². The van der Waals surface area contributed by atoms with Gasteiger partial charge in [0.1, 0.15) is 0 Å². The monoisotopic (exact) mass is 278 g/mol. The summed E-state index contributed by atoms with van der Waals surface area (Å²) in [4.78, 5) is 19.7. The van der Waals surface area contributed by atoms with Gasteiger partial charge in [-0.25, -0.2) is 0 Å². The quantitative estimate of drug-likeness (QED) is 0.767. The van der Waals surface area contributed by atoms with Crippen molar-refractivity contribution in [2.75, 3.05) is 5.32 Å². The van der Waals surface area contributed by atoms with Crippen LogP contribution in [0.25, 0.3) is 11.0 Å². The van der Waals surface area contributed by atoms with E-state index in [1.807, 2.05) is 30.3 Å². The molecule has 0 radical (unpaired) electrons. The summed E-state index contributed by atoms with van der Waals surface area (Å²) in [5.74, 6) is -0.419. The van der Waals surface area contributed by atoms with Crippen LogP contribution >= 0.6 is 0 Å². The van der Waals surface area contributed by atoms with Gasteiger partial charge in [-0.15, -0.1) is 0 Å². The lowest BCUT2D eigenvalue weighted by Crippen LogP contribution is -2.11. The summed E-state index contributed by atoms with van der Waals surface area (Å²) >= 11 is 0. The molecule has 0 saturated carbocycles. The zero-order valence-electron chi connectivity index (χ0n) is 11.3. The summed E-state index contributed by atoms with van der Waals surface area (Å²) in [7, 11) is 0. The van der Waals surface area contributed by atoms with E-state index < -0.39 is 5.91 Å². The number of nitrogens with zero attached hydrogens (tertiary/aromatic N) is 2. The van der Waals surface area contributed by atoms with Crippen LogP contribution in [-0.4, -0.2) is 15.9 Å². The Labute approximate surface area is 121 Å². The summed E-state index contributed by atoms with van der Waals surface area (Å²) < 4.78 is 0. The molecule has 5 nitrogen and oxygen atoms in total. The van der Waals surface area contributed by atoms with Crippen molar-refractivity contribution >= 4 is 22.6 Å². The molecule has 0 unspecified atom stereocenters. The van der Waals surface area contributed by atoms with E-state index in [1.54, 1.807) is 24.5 Å². The van der Waals surface area contributed by atoms with Crippen molar-refractivity contribution in [2.45, 2.75) is 6.54 Å². The zero-order valence-corrected chi connectivity index (χ0v) is 11.3. The van der Waals surface area contributed by atoms with Crippen LogP contribution in [0.15, 0.2) is 54.9 Å². The van der Waals surface area contributed by atoms with Crippen molar-refractivity contribution in [2.24, 2.45) is 5.73 Å². The fourth-order valence-electron chi connectivity index (χ4n) is 2.11. The van der Waals surface area contributed by atoms with Gasteiger partial charge in [0.05, 0.1) is 11.0 Å². The molecule has 0 fully saturated rings. The topological polar surface area (TPSA) is 80.9 Å². The molecule has 1 heterocycles. The Balaban J connectivity index is 1.77. The number of nitrogens with one attached hydrogen (secondary N) is 1. The molecule has 0 spiro atoms. The number of aromatic nitrogens is 2. The van der Waals surface area contributed by atoms with Gasteiger partial charge in [-0.3, -0.25) is 14.8 Å². The Kier molecular flexibility index (Phi) is 3.47. The van der Waals surface area contributed by atoms with Gasteiger partial charge in [0.25, 0.3) is 0 Å². The Hall–Kier alpha value is -2.95. The van der Waals surface area contributed by atoms with E-state index in [0.29, 0.717) is 12.1 Å². The molecule has 5 heteroatoms. The minimum atomic E-state index is -0.419. The van der Waals surface area contributed by atoms with Crippen molar-refractivity contribution in [3.8, 4) is 0 Å². The van der Waals surface area contributed by atoms with E-state index in [9.17, 15) is 4.79 Å². The van der Waals surface area contributed by atoms with Crippen LogP contribution in [0.5, 0.6) is 0 Å². The molecule has 104 valence electrons. The van der Waals surface area contributed by atoms with E-state index in [-0.39, 0.29) is 0 Å². The maximum absolute atomic E-state index is 11.2. The summed E-state index contributed by atoms with van der Waals surface area (Å²) in [6.07, 6.45) is 3.34. The number of hydrogen-bond donors (Lipinski definition) is 2. The Morgan fingerprint density at radius 1 is 1.05 bits per heavy atom. The second kappa shape index (κ2) is 5.58. The number of rotatable bonds is 4. The number of hydrogen-bond acceptors (Lipinski definition) is 4. The summed E-state index contributed by atoms with van der Waals surface area (Å²) in [6, 6.07) is 13.1. The molecule has 1 aromatic heterocycles. The second-order valence-electron chi connectivity index (χ2n) is 4.68. The number of amides is 1. The van der Waals surface area contributed by atoms with Crippen molar-refractivity contribution in [1.29, 1.82) is 0 Å². The van der Waals surface area contributed by atoms with Gasteiger partial charge in [-0.2, -0.15) is 0 Å². The highest BCUT2D eigenvalue weighted by Gasteiger charge is 2.02. The molecule has 0 aliphatic rings. The van der Waals surface area contributed by atoms with E-state index in [1.165, 1.54) is 0 Å². The number of anilines is 1. The zero-order chi connectivity index (χ0) is 14.7. The van der Waals surface area contributed by atoms with Crippen molar-refractivity contribution in [1.82, 2.24) is 9.97 Å². The van der Waals surface area contributed by atoms with Crippen LogP contribution in [0.3, 0.4) is 0 Å². The van der Waals surface area contributed by atoms with Gasteiger partial charge in [-0.1, -0.05) is 12.1 Å². The Bertz CT molecular complexity index is 801. The summed E-state index contributed by atoms with van der Waals surface area (Å²) in [5.41, 5.74) is 9.43. The average Bonchev–Trinajstić information content (AvgIpc) is 2.53. The molecule has 0 saturated heterocycles. The molecule has 3 rings (SSSR count). The predicted octanol–water partition coefficient (Wildman–Crippen LogP) is 2.34. The number of carbonyl (C=O) groups is 1. The molecule has 3 N–H and O–H groups in total. The molecule has 0 atom stereocenters. The highest BCUT2D eigenvalue weighted by atomic mass is 16.1. The Morgan fingerprint density at radius 3 is 2.67 bits per heavy atom. The van der Waals surface area contributed by atoms with Crippen molar-refractivity contribution < 1.29 is 4.79 Å². The first-order valence-corrected chi connectivity index (χ1v) is 6.56.